The Morgan fingerprint density at radius 1 is 1.29 bits per heavy atom. The van der Waals surface area contributed by atoms with E-state index in [1.54, 1.807) is 18.2 Å². The third-order valence-corrected chi connectivity index (χ3v) is 4.12. The molecule has 1 N–H and O–H groups in total. The first-order valence-electron chi connectivity index (χ1n) is 6.63. The fraction of sp³-hybridized carbons (Fsp3) is 0.600. The Kier molecular flexibility index (Phi) is 3.82. The molecule has 0 saturated heterocycles. The van der Waals surface area contributed by atoms with Gasteiger partial charge in [-0.25, -0.2) is 4.39 Å². The molecule has 2 rings (SSSR count). The van der Waals surface area contributed by atoms with Crippen LogP contribution < -0.4 is 0 Å². The number of benzene rings is 1. The van der Waals surface area contributed by atoms with Crippen molar-refractivity contribution in [2.24, 2.45) is 5.92 Å². The van der Waals surface area contributed by atoms with Crippen LogP contribution in [-0.2, 0) is 5.60 Å². The maximum atomic E-state index is 13.8. The summed E-state index contributed by atoms with van der Waals surface area (Å²) in [5.74, 6) is 0.417. The lowest BCUT2D eigenvalue weighted by atomic mass is 9.86. The summed E-state index contributed by atoms with van der Waals surface area (Å²) in [7, 11) is 0. The van der Waals surface area contributed by atoms with E-state index in [1.165, 1.54) is 6.07 Å². The second-order valence-corrected chi connectivity index (χ2v) is 5.22. The fourth-order valence-corrected chi connectivity index (χ4v) is 2.91. The zero-order chi connectivity index (χ0) is 12.3. The third kappa shape index (κ3) is 2.68. The van der Waals surface area contributed by atoms with Crippen LogP contribution in [0.1, 0.15) is 51.0 Å². The third-order valence-electron chi connectivity index (χ3n) is 4.12. The van der Waals surface area contributed by atoms with Crippen LogP contribution >= 0.6 is 0 Å². The lowest BCUT2D eigenvalue weighted by Crippen LogP contribution is -2.26. The van der Waals surface area contributed by atoms with Gasteiger partial charge in [0.15, 0.2) is 0 Å². The van der Waals surface area contributed by atoms with E-state index in [0.29, 0.717) is 24.3 Å². The Labute approximate surface area is 103 Å². The van der Waals surface area contributed by atoms with E-state index in [1.807, 2.05) is 0 Å². The quantitative estimate of drug-likeness (QED) is 0.769. The van der Waals surface area contributed by atoms with Crippen LogP contribution in [0.3, 0.4) is 0 Å². The molecule has 1 nitrogen and oxygen atoms in total. The van der Waals surface area contributed by atoms with Gasteiger partial charge in [-0.2, -0.15) is 0 Å². The molecule has 1 aliphatic carbocycles. The van der Waals surface area contributed by atoms with Crippen molar-refractivity contribution in [3.05, 3.63) is 35.6 Å². The zero-order valence-corrected chi connectivity index (χ0v) is 10.5. The van der Waals surface area contributed by atoms with Crippen molar-refractivity contribution in [1.82, 2.24) is 0 Å². The van der Waals surface area contributed by atoms with E-state index in [0.717, 1.165) is 25.7 Å². The Morgan fingerprint density at radius 2 is 2.06 bits per heavy atom. The molecule has 2 heteroatoms. The van der Waals surface area contributed by atoms with Crippen molar-refractivity contribution in [2.45, 2.75) is 51.0 Å². The van der Waals surface area contributed by atoms with Crippen molar-refractivity contribution in [3.8, 4) is 0 Å². The van der Waals surface area contributed by atoms with Gasteiger partial charge in [0.1, 0.15) is 5.82 Å². The first-order chi connectivity index (χ1) is 8.15. The standard InChI is InChI=1S/C15H21FO/c1-2-12-6-5-10-15(17,11-9-12)13-7-3-4-8-14(13)16/h3-4,7-8,12,17H,2,5-6,9-11H2,1H3. The van der Waals surface area contributed by atoms with Crippen molar-refractivity contribution >= 4 is 0 Å². The summed E-state index contributed by atoms with van der Waals surface area (Å²) in [4.78, 5) is 0. The van der Waals surface area contributed by atoms with Gasteiger partial charge in [0.2, 0.25) is 0 Å². The minimum absolute atomic E-state index is 0.273. The molecule has 0 aliphatic heterocycles. The van der Waals surface area contributed by atoms with Crippen molar-refractivity contribution in [1.29, 1.82) is 0 Å². The van der Waals surface area contributed by atoms with E-state index in [2.05, 4.69) is 6.92 Å². The molecular formula is C15H21FO. The van der Waals surface area contributed by atoms with Gasteiger partial charge in [-0.15, -0.1) is 0 Å². The van der Waals surface area contributed by atoms with Gasteiger partial charge in [-0.3, -0.25) is 0 Å². The topological polar surface area (TPSA) is 20.2 Å². The van der Waals surface area contributed by atoms with Gasteiger partial charge < -0.3 is 5.11 Å². The summed E-state index contributed by atoms with van der Waals surface area (Å²) >= 11 is 0. The van der Waals surface area contributed by atoms with Crippen LogP contribution in [0.4, 0.5) is 4.39 Å². The average molecular weight is 236 g/mol. The van der Waals surface area contributed by atoms with E-state index in [4.69, 9.17) is 0 Å². The monoisotopic (exact) mass is 236 g/mol. The van der Waals surface area contributed by atoms with Gasteiger partial charge >= 0.3 is 0 Å². The Hall–Kier alpha value is -0.890. The van der Waals surface area contributed by atoms with Crippen molar-refractivity contribution in [2.75, 3.05) is 0 Å². The van der Waals surface area contributed by atoms with Crippen LogP contribution in [0.2, 0.25) is 0 Å². The fourth-order valence-electron chi connectivity index (χ4n) is 2.91. The summed E-state index contributed by atoms with van der Waals surface area (Å²) in [5.41, 5.74) is -0.466. The largest absolute Gasteiger partial charge is 0.385 e. The number of halogens is 1. The molecule has 0 spiro atoms. The lowest BCUT2D eigenvalue weighted by Gasteiger charge is -2.27. The molecule has 1 saturated carbocycles. The van der Waals surface area contributed by atoms with E-state index in [9.17, 15) is 9.50 Å². The molecule has 0 radical (unpaired) electrons. The summed E-state index contributed by atoms with van der Waals surface area (Å²) < 4.78 is 13.8. The van der Waals surface area contributed by atoms with Crippen LogP contribution in [0.5, 0.6) is 0 Å². The second kappa shape index (κ2) is 5.18. The first kappa shape index (κ1) is 12.6. The van der Waals surface area contributed by atoms with Crippen molar-refractivity contribution in [3.63, 3.8) is 0 Å². The van der Waals surface area contributed by atoms with Gasteiger partial charge in [0, 0.05) is 5.56 Å². The van der Waals surface area contributed by atoms with Crippen LogP contribution in [-0.4, -0.2) is 5.11 Å². The van der Waals surface area contributed by atoms with Gasteiger partial charge in [0.05, 0.1) is 5.60 Å². The number of rotatable bonds is 2. The molecule has 0 heterocycles. The lowest BCUT2D eigenvalue weighted by molar-refractivity contribution is 0.0162. The molecule has 0 amide bonds. The molecule has 2 unspecified atom stereocenters. The number of hydrogen-bond donors (Lipinski definition) is 1. The second-order valence-electron chi connectivity index (χ2n) is 5.22. The highest BCUT2D eigenvalue weighted by Crippen LogP contribution is 2.39. The minimum Gasteiger partial charge on any atom is -0.385 e. The van der Waals surface area contributed by atoms with Gasteiger partial charge in [-0.1, -0.05) is 38.0 Å². The smallest absolute Gasteiger partial charge is 0.129 e. The highest BCUT2D eigenvalue weighted by atomic mass is 19.1. The highest BCUT2D eigenvalue weighted by Gasteiger charge is 2.34. The summed E-state index contributed by atoms with van der Waals surface area (Å²) in [6, 6.07) is 6.64. The van der Waals surface area contributed by atoms with E-state index >= 15 is 0 Å². The summed E-state index contributed by atoms with van der Waals surface area (Å²) in [6.45, 7) is 2.19. The van der Waals surface area contributed by atoms with Gasteiger partial charge in [0.25, 0.3) is 0 Å². The van der Waals surface area contributed by atoms with Crippen molar-refractivity contribution < 1.29 is 9.50 Å². The Balaban J connectivity index is 2.21. The van der Waals surface area contributed by atoms with Crippen LogP contribution in [0, 0.1) is 11.7 Å². The zero-order valence-electron chi connectivity index (χ0n) is 10.5. The molecule has 17 heavy (non-hydrogen) atoms. The van der Waals surface area contributed by atoms with E-state index < -0.39 is 5.60 Å². The molecular weight excluding hydrogens is 215 g/mol. The molecule has 1 aromatic rings. The predicted molar refractivity (Wildman–Crippen MR) is 67.2 cm³/mol. The average Bonchev–Trinajstić information content (AvgIpc) is 2.52. The predicted octanol–water partition coefficient (Wildman–Crippen LogP) is 4.00. The normalized spacial score (nSPS) is 29.9. The molecule has 94 valence electrons. The Bertz CT molecular complexity index is 377. The summed E-state index contributed by atoms with van der Waals surface area (Å²) in [5, 5.41) is 10.7. The SMILES string of the molecule is CCC1CCCC(O)(c2ccccc2F)CC1. The number of aliphatic hydroxyl groups is 1. The maximum absolute atomic E-state index is 13.8. The summed E-state index contributed by atoms with van der Waals surface area (Å²) in [6.07, 6.45) is 5.68. The molecule has 2 atom stereocenters. The van der Waals surface area contributed by atoms with Gasteiger partial charge in [-0.05, 0) is 37.7 Å². The first-order valence-corrected chi connectivity index (χ1v) is 6.63. The molecule has 1 aromatic carbocycles. The van der Waals surface area contributed by atoms with Crippen LogP contribution in [0.15, 0.2) is 24.3 Å². The minimum atomic E-state index is -0.949. The van der Waals surface area contributed by atoms with Crippen LogP contribution in [0.25, 0.3) is 0 Å². The number of hydrogen-bond acceptors (Lipinski definition) is 1. The molecule has 0 aromatic heterocycles. The molecule has 1 fully saturated rings. The van der Waals surface area contributed by atoms with E-state index in [-0.39, 0.29) is 5.82 Å². The maximum Gasteiger partial charge on any atom is 0.129 e. The molecule has 0 bridgehead atoms. The molecule has 1 aliphatic rings. The Morgan fingerprint density at radius 3 is 2.76 bits per heavy atom. The highest BCUT2D eigenvalue weighted by molar-refractivity contribution is 5.24.